The Morgan fingerprint density at radius 2 is 2.20 bits per heavy atom. The molecule has 0 saturated heterocycles. The number of anilines is 1. The summed E-state index contributed by atoms with van der Waals surface area (Å²) < 4.78 is 4.84. The van der Waals surface area contributed by atoms with Crippen molar-refractivity contribution in [3.8, 4) is 11.1 Å². The number of nitrogens with two attached hydrogens (primary N) is 1. The van der Waals surface area contributed by atoms with Crippen LogP contribution in [-0.4, -0.2) is 5.16 Å². The van der Waals surface area contributed by atoms with Gasteiger partial charge in [0.05, 0.1) is 11.8 Å². The van der Waals surface area contributed by atoms with Gasteiger partial charge in [0.15, 0.2) is 0 Å². The number of hydrogen-bond donors (Lipinski definition) is 1. The van der Waals surface area contributed by atoms with Crippen LogP contribution in [0, 0.1) is 0 Å². The third kappa shape index (κ3) is 1.83. The number of benzene rings is 1. The first-order valence-electron chi connectivity index (χ1n) is 4.71. The van der Waals surface area contributed by atoms with Crippen LogP contribution in [0.3, 0.4) is 0 Å². The van der Waals surface area contributed by atoms with E-state index in [1.54, 1.807) is 6.20 Å². The second-order valence-corrected chi connectivity index (χ2v) is 3.70. The van der Waals surface area contributed by atoms with Gasteiger partial charge in [-0.05, 0) is 29.7 Å². The van der Waals surface area contributed by atoms with Crippen molar-refractivity contribution in [2.45, 2.75) is 13.3 Å². The molecule has 0 radical (unpaired) electrons. The van der Waals surface area contributed by atoms with Crippen molar-refractivity contribution in [1.82, 2.24) is 5.16 Å². The summed E-state index contributed by atoms with van der Waals surface area (Å²) in [5.41, 5.74) is 8.64. The fraction of sp³-hybridized carbons (Fsp3) is 0.182. The Labute approximate surface area is 92.8 Å². The Hall–Kier alpha value is -1.48. The number of aryl methyl sites for hydroxylation is 1. The fourth-order valence-electron chi connectivity index (χ4n) is 1.56. The predicted octanol–water partition coefficient (Wildman–Crippen LogP) is 3.14. The van der Waals surface area contributed by atoms with Crippen LogP contribution in [0.25, 0.3) is 11.1 Å². The van der Waals surface area contributed by atoms with Crippen LogP contribution < -0.4 is 5.73 Å². The molecule has 2 N–H and O–H groups in total. The summed E-state index contributed by atoms with van der Waals surface area (Å²) in [4.78, 5) is 0. The lowest BCUT2D eigenvalue weighted by Crippen LogP contribution is -1.90. The Kier molecular flexibility index (Phi) is 2.64. The Bertz CT molecular complexity index is 479. The van der Waals surface area contributed by atoms with Gasteiger partial charge in [-0.15, -0.1) is 0 Å². The molecule has 0 unspecified atom stereocenters. The maximum atomic E-state index is 5.95. The van der Waals surface area contributed by atoms with Crippen molar-refractivity contribution in [3.63, 3.8) is 0 Å². The van der Waals surface area contributed by atoms with E-state index < -0.39 is 0 Å². The highest BCUT2D eigenvalue weighted by Crippen LogP contribution is 2.31. The normalized spacial score (nSPS) is 10.5. The van der Waals surface area contributed by atoms with Gasteiger partial charge in [-0.1, -0.05) is 29.7 Å². The van der Waals surface area contributed by atoms with Crippen LogP contribution in [0.2, 0.25) is 5.02 Å². The van der Waals surface area contributed by atoms with Crippen LogP contribution in [0.15, 0.2) is 28.9 Å². The summed E-state index contributed by atoms with van der Waals surface area (Å²) in [7, 11) is 0. The molecule has 0 aliphatic carbocycles. The molecule has 1 aromatic heterocycles. The lowest BCUT2D eigenvalue weighted by molar-refractivity contribution is 0.436. The second kappa shape index (κ2) is 3.95. The molecule has 0 spiro atoms. The minimum Gasteiger partial charge on any atom is -0.367 e. The molecule has 1 heterocycles. The minimum atomic E-state index is 0.326. The molecule has 0 atom stereocenters. The summed E-state index contributed by atoms with van der Waals surface area (Å²) in [6.07, 6.45) is 2.53. The third-order valence-electron chi connectivity index (χ3n) is 2.34. The fourth-order valence-corrected chi connectivity index (χ4v) is 1.73. The van der Waals surface area contributed by atoms with Crippen molar-refractivity contribution in [2.24, 2.45) is 0 Å². The van der Waals surface area contributed by atoms with Gasteiger partial charge in [0.1, 0.15) is 0 Å². The van der Waals surface area contributed by atoms with Gasteiger partial charge in [0.25, 0.3) is 0 Å². The standard InChI is InChI=1S/C11H11ClN2O/c1-2-7-3-4-8(12)5-9(7)10-6-14-15-11(10)13/h3-6H,2,13H2,1H3. The topological polar surface area (TPSA) is 52.0 Å². The summed E-state index contributed by atoms with van der Waals surface area (Å²) in [6, 6.07) is 5.74. The van der Waals surface area contributed by atoms with E-state index in [1.807, 2.05) is 18.2 Å². The molecule has 0 bridgehead atoms. The summed E-state index contributed by atoms with van der Waals surface area (Å²) in [5, 5.41) is 4.34. The van der Waals surface area contributed by atoms with Gasteiger partial charge in [-0.3, -0.25) is 0 Å². The Balaban J connectivity index is 2.60. The zero-order valence-corrected chi connectivity index (χ0v) is 9.08. The highest BCUT2D eigenvalue weighted by atomic mass is 35.5. The van der Waals surface area contributed by atoms with E-state index in [-0.39, 0.29) is 0 Å². The average Bonchev–Trinajstić information content (AvgIpc) is 2.64. The third-order valence-corrected chi connectivity index (χ3v) is 2.58. The number of rotatable bonds is 2. The van der Waals surface area contributed by atoms with Crippen LogP contribution in [-0.2, 0) is 6.42 Å². The lowest BCUT2D eigenvalue weighted by Gasteiger charge is -2.06. The van der Waals surface area contributed by atoms with E-state index in [0.29, 0.717) is 10.9 Å². The minimum absolute atomic E-state index is 0.326. The first-order valence-corrected chi connectivity index (χ1v) is 5.09. The number of nitrogen functional groups attached to an aromatic ring is 1. The molecule has 78 valence electrons. The van der Waals surface area contributed by atoms with Crippen molar-refractivity contribution in [2.75, 3.05) is 5.73 Å². The summed E-state index contributed by atoms with van der Waals surface area (Å²) >= 11 is 5.95. The summed E-state index contributed by atoms with van der Waals surface area (Å²) in [5.74, 6) is 0.326. The molecule has 15 heavy (non-hydrogen) atoms. The number of halogens is 1. The number of nitrogens with zero attached hydrogens (tertiary/aromatic N) is 1. The Morgan fingerprint density at radius 3 is 2.80 bits per heavy atom. The monoisotopic (exact) mass is 222 g/mol. The molecular weight excluding hydrogens is 212 g/mol. The molecule has 0 aliphatic rings. The number of aromatic nitrogens is 1. The van der Waals surface area contributed by atoms with Crippen LogP contribution in [0.4, 0.5) is 5.88 Å². The molecule has 4 heteroatoms. The molecule has 0 saturated carbocycles. The largest absolute Gasteiger partial charge is 0.367 e. The molecule has 1 aromatic carbocycles. The smallest absolute Gasteiger partial charge is 0.229 e. The highest BCUT2D eigenvalue weighted by Gasteiger charge is 2.11. The first-order chi connectivity index (χ1) is 7.22. The zero-order chi connectivity index (χ0) is 10.8. The van der Waals surface area contributed by atoms with Gasteiger partial charge >= 0.3 is 0 Å². The van der Waals surface area contributed by atoms with E-state index >= 15 is 0 Å². The Morgan fingerprint density at radius 1 is 1.40 bits per heavy atom. The number of hydrogen-bond acceptors (Lipinski definition) is 3. The second-order valence-electron chi connectivity index (χ2n) is 3.26. The van der Waals surface area contributed by atoms with Crippen molar-refractivity contribution in [1.29, 1.82) is 0 Å². The molecule has 2 rings (SSSR count). The molecular formula is C11H11ClN2O. The maximum absolute atomic E-state index is 5.95. The van der Waals surface area contributed by atoms with Crippen LogP contribution >= 0.6 is 11.6 Å². The van der Waals surface area contributed by atoms with Gasteiger partial charge in [0.2, 0.25) is 5.88 Å². The molecule has 3 nitrogen and oxygen atoms in total. The van der Waals surface area contributed by atoms with E-state index in [4.69, 9.17) is 21.9 Å². The van der Waals surface area contributed by atoms with E-state index in [2.05, 4.69) is 12.1 Å². The zero-order valence-electron chi connectivity index (χ0n) is 8.33. The van der Waals surface area contributed by atoms with Gasteiger partial charge in [-0.2, -0.15) is 0 Å². The van der Waals surface area contributed by atoms with Gasteiger partial charge < -0.3 is 10.3 Å². The maximum Gasteiger partial charge on any atom is 0.229 e. The van der Waals surface area contributed by atoms with Gasteiger partial charge in [-0.25, -0.2) is 0 Å². The summed E-state index contributed by atoms with van der Waals surface area (Å²) in [6.45, 7) is 2.08. The molecule has 0 amide bonds. The van der Waals surface area contributed by atoms with Crippen molar-refractivity contribution in [3.05, 3.63) is 35.0 Å². The molecule has 0 aliphatic heterocycles. The first kappa shape index (κ1) is 10.1. The quantitative estimate of drug-likeness (QED) is 0.849. The van der Waals surface area contributed by atoms with E-state index in [0.717, 1.165) is 17.5 Å². The molecule has 0 fully saturated rings. The molecule has 2 aromatic rings. The van der Waals surface area contributed by atoms with Crippen LogP contribution in [0.1, 0.15) is 12.5 Å². The van der Waals surface area contributed by atoms with Crippen LogP contribution in [0.5, 0.6) is 0 Å². The predicted molar refractivity (Wildman–Crippen MR) is 60.7 cm³/mol. The van der Waals surface area contributed by atoms with E-state index in [1.165, 1.54) is 5.56 Å². The van der Waals surface area contributed by atoms with E-state index in [9.17, 15) is 0 Å². The van der Waals surface area contributed by atoms with Gasteiger partial charge in [0, 0.05) is 5.02 Å². The lowest BCUT2D eigenvalue weighted by atomic mass is 10.0. The average molecular weight is 223 g/mol. The SMILES string of the molecule is CCc1ccc(Cl)cc1-c1cnoc1N. The van der Waals surface area contributed by atoms with Crippen molar-refractivity contribution < 1.29 is 4.52 Å². The highest BCUT2D eigenvalue weighted by molar-refractivity contribution is 6.30. The van der Waals surface area contributed by atoms with Crippen molar-refractivity contribution >= 4 is 17.5 Å².